The lowest BCUT2D eigenvalue weighted by Gasteiger charge is -2.08. The fourth-order valence-electron chi connectivity index (χ4n) is 1.64. The fraction of sp³-hybridized carbons (Fsp3) is 0.0714. The van der Waals surface area contributed by atoms with Crippen molar-refractivity contribution in [1.82, 2.24) is 0 Å². The van der Waals surface area contributed by atoms with E-state index in [2.05, 4.69) is 21.2 Å². The van der Waals surface area contributed by atoms with E-state index in [1.165, 1.54) is 19.2 Å². The molecule has 0 fully saturated rings. The number of nitrogen functional groups attached to an aromatic ring is 1. The Morgan fingerprint density at radius 2 is 2.05 bits per heavy atom. The molecule has 0 aliphatic carbocycles. The van der Waals surface area contributed by atoms with Crippen LogP contribution in [0.3, 0.4) is 0 Å². The summed E-state index contributed by atoms with van der Waals surface area (Å²) in [6.45, 7) is 0. The van der Waals surface area contributed by atoms with Crippen molar-refractivity contribution in [1.29, 1.82) is 0 Å². The Bertz CT molecular complexity index is 659. The number of nitrogens with two attached hydrogens (primary N) is 1. The van der Waals surface area contributed by atoms with Gasteiger partial charge in [0.2, 0.25) is 0 Å². The van der Waals surface area contributed by atoms with Gasteiger partial charge in [0.15, 0.2) is 11.5 Å². The van der Waals surface area contributed by atoms with Crippen LogP contribution < -0.4 is 15.8 Å². The molecule has 0 heterocycles. The summed E-state index contributed by atoms with van der Waals surface area (Å²) < 4.78 is 5.63. The molecule has 2 aromatic carbocycles. The summed E-state index contributed by atoms with van der Waals surface area (Å²) in [7, 11) is 1.45. The van der Waals surface area contributed by atoms with Gasteiger partial charge in [0.25, 0.3) is 5.91 Å². The first-order valence-electron chi connectivity index (χ1n) is 5.74. The summed E-state index contributed by atoms with van der Waals surface area (Å²) in [6.07, 6.45) is 0. The summed E-state index contributed by atoms with van der Waals surface area (Å²) in [5, 5.41) is 12.4. The Morgan fingerprint density at radius 1 is 1.30 bits per heavy atom. The summed E-state index contributed by atoms with van der Waals surface area (Å²) >= 11 is 3.29. The average molecular weight is 337 g/mol. The molecule has 6 heteroatoms. The molecule has 2 aromatic rings. The van der Waals surface area contributed by atoms with Crippen molar-refractivity contribution >= 4 is 33.2 Å². The van der Waals surface area contributed by atoms with Crippen molar-refractivity contribution in [2.45, 2.75) is 0 Å². The van der Waals surface area contributed by atoms with Crippen molar-refractivity contribution in [3.05, 3.63) is 46.4 Å². The van der Waals surface area contributed by atoms with Crippen LogP contribution in [-0.2, 0) is 0 Å². The van der Waals surface area contributed by atoms with Crippen LogP contribution in [0.2, 0.25) is 0 Å². The normalized spacial score (nSPS) is 10.1. The van der Waals surface area contributed by atoms with Gasteiger partial charge in [-0.05, 0) is 52.3 Å². The largest absolute Gasteiger partial charge is 0.504 e. The number of rotatable bonds is 3. The van der Waals surface area contributed by atoms with Crippen LogP contribution in [0.4, 0.5) is 11.4 Å². The minimum absolute atomic E-state index is 0.0846. The molecular formula is C14H13BrN2O3. The maximum Gasteiger partial charge on any atom is 0.255 e. The second-order valence-electron chi connectivity index (χ2n) is 4.08. The van der Waals surface area contributed by atoms with E-state index in [-0.39, 0.29) is 11.7 Å². The van der Waals surface area contributed by atoms with Crippen molar-refractivity contribution in [2.24, 2.45) is 0 Å². The van der Waals surface area contributed by atoms with Gasteiger partial charge in [0, 0.05) is 21.4 Å². The zero-order valence-corrected chi connectivity index (χ0v) is 12.3. The maximum absolute atomic E-state index is 12.1. The highest BCUT2D eigenvalue weighted by molar-refractivity contribution is 9.10. The van der Waals surface area contributed by atoms with Gasteiger partial charge < -0.3 is 20.9 Å². The molecule has 0 spiro atoms. The summed E-state index contributed by atoms with van der Waals surface area (Å²) in [4.78, 5) is 12.1. The molecule has 2 rings (SSSR count). The molecular weight excluding hydrogens is 324 g/mol. The van der Waals surface area contributed by atoms with E-state index in [1.54, 1.807) is 24.3 Å². The summed E-state index contributed by atoms with van der Waals surface area (Å²) in [5.41, 5.74) is 7.20. The number of carbonyl (C=O) groups excluding carboxylic acids is 1. The number of hydrogen-bond donors (Lipinski definition) is 3. The van der Waals surface area contributed by atoms with E-state index >= 15 is 0 Å². The fourth-order valence-corrected chi connectivity index (χ4v) is 2.02. The number of benzene rings is 2. The number of carbonyl (C=O) groups is 1. The van der Waals surface area contributed by atoms with Crippen LogP contribution >= 0.6 is 15.9 Å². The highest BCUT2D eigenvalue weighted by Crippen LogP contribution is 2.27. The highest BCUT2D eigenvalue weighted by atomic mass is 79.9. The van der Waals surface area contributed by atoms with Gasteiger partial charge in [-0.25, -0.2) is 0 Å². The van der Waals surface area contributed by atoms with E-state index in [0.717, 1.165) is 0 Å². The third-order valence-electron chi connectivity index (χ3n) is 2.70. The smallest absolute Gasteiger partial charge is 0.255 e. The van der Waals surface area contributed by atoms with Gasteiger partial charge in [-0.3, -0.25) is 4.79 Å². The quantitative estimate of drug-likeness (QED) is 0.752. The number of anilines is 2. The SMILES string of the molecule is COc1ccc(C(=O)Nc2ccc(N)c(Br)c2)cc1O. The Morgan fingerprint density at radius 3 is 2.65 bits per heavy atom. The van der Waals surface area contributed by atoms with Gasteiger partial charge in [0.1, 0.15) is 0 Å². The maximum atomic E-state index is 12.1. The van der Waals surface area contributed by atoms with Gasteiger partial charge >= 0.3 is 0 Å². The molecule has 0 saturated carbocycles. The second-order valence-corrected chi connectivity index (χ2v) is 4.93. The van der Waals surface area contributed by atoms with Gasteiger partial charge in [-0.2, -0.15) is 0 Å². The number of phenols is 1. The zero-order chi connectivity index (χ0) is 14.7. The molecule has 104 valence electrons. The van der Waals surface area contributed by atoms with Crippen LogP contribution in [0.5, 0.6) is 11.5 Å². The Hall–Kier alpha value is -2.21. The molecule has 0 aliphatic heterocycles. The minimum atomic E-state index is -0.334. The number of halogens is 1. The second kappa shape index (κ2) is 5.83. The number of nitrogens with one attached hydrogen (secondary N) is 1. The lowest BCUT2D eigenvalue weighted by Crippen LogP contribution is -2.11. The number of ether oxygens (including phenoxy) is 1. The van der Waals surface area contributed by atoms with Crippen LogP contribution in [0, 0.1) is 0 Å². The van der Waals surface area contributed by atoms with Crippen LogP contribution in [0.1, 0.15) is 10.4 Å². The predicted octanol–water partition coefficient (Wildman–Crippen LogP) is 3.00. The summed E-state index contributed by atoms with van der Waals surface area (Å²) in [5.74, 6) is -0.102. The van der Waals surface area contributed by atoms with E-state index < -0.39 is 0 Å². The van der Waals surface area contributed by atoms with Crippen molar-refractivity contribution in [3.63, 3.8) is 0 Å². The van der Waals surface area contributed by atoms with Crippen molar-refractivity contribution < 1.29 is 14.6 Å². The Kier molecular flexibility index (Phi) is 4.14. The molecule has 0 aromatic heterocycles. The first-order chi connectivity index (χ1) is 9.51. The van der Waals surface area contributed by atoms with E-state index in [9.17, 15) is 9.90 Å². The van der Waals surface area contributed by atoms with Crippen LogP contribution in [0.15, 0.2) is 40.9 Å². The van der Waals surface area contributed by atoms with E-state index in [4.69, 9.17) is 10.5 Å². The topological polar surface area (TPSA) is 84.6 Å². The van der Waals surface area contributed by atoms with Crippen molar-refractivity contribution in [2.75, 3.05) is 18.2 Å². The Labute approximate surface area is 124 Å². The lowest BCUT2D eigenvalue weighted by molar-refractivity contribution is 0.102. The van der Waals surface area contributed by atoms with Crippen LogP contribution in [0.25, 0.3) is 0 Å². The number of aromatic hydroxyl groups is 1. The third-order valence-corrected chi connectivity index (χ3v) is 3.39. The van der Waals surface area contributed by atoms with Gasteiger partial charge in [-0.1, -0.05) is 0 Å². The molecule has 0 saturated heterocycles. The predicted molar refractivity (Wildman–Crippen MR) is 81.2 cm³/mol. The van der Waals surface area contributed by atoms with E-state index in [1.807, 2.05) is 0 Å². The number of amides is 1. The first kappa shape index (κ1) is 14.2. The highest BCUT2D eigenvalue weighted by Gasteiger charge is 2.10. The van der Waals surface area contributed by atoms with Gasteiger partial charge in [0.05, 0.1) is 7.11 Å². The Balaban J connectivity index is 2.19. The molecule has 0 bridgehead atoms. The lowest BCUT2D eigenvalue weighted by atomic mass is 10.2. The molecule has 20 heavy (non-hydrogen) atoms. The molecule has 1 amide bonds. The molecule has 5 nitrogen and oxygen atoms in total. The van der Waals surface area contributed by atoms with E-state index in [0.29, 0.717) is 27.2 Å². The van der Waals surface area contributed by atoms with Crippen LogP contribution in [-0.4, -0.2) is 18.1 Å². The molecule has 4 N–H and O–H groups in total. The molecule has 0 aliphatic rings. The van der Waals surface area contributed by atoms with Crippen molar-refractivity contribution in [3.8, 4) is 11.5 Å². The zero-order valence-electron chi connectivity index (χ0n) is 10.7. The number of methoxy groups -OCH3 is 1. The summed E-state index contributed by atoms with van der Waals surface area (Å²) in [6, 6.07) is 9.53. The molecule has 0 radical (unpaired) electrons. The average Bonchev–Trinajstić information content (AvgIpc) is 2.42. The number of phenolic OH excluding ortho intramolecular Hbond substituents is 1. The molecule has 0 atom stereocenters. The standard InChI is InChI=1S/C14H13BrN2O3/c1-20-13-5-2-8(6-12(13)18)14(19)17-9-3-4-11(16)10(15)7-9/h2-7,18H,16H2,1H3,(H,17,19). The first-order valence-corrected chi connectivity index (χ1v) is 6.54. The minimum Gasteiger partial charge on any atom is -0.504 e. The van der Waals surface area contributed by atoms with Gasteiger partial charge in [-0.15, -0.1) is 0 Å². The third kappa shape index (κ3) is 3.03. The number of hydrogen-bond acceptors (Lipinski definition) is 4. The monoisotopic (exact) mass is 336 g/mol. The molecule has 0 unspecified atom stereocenters.